The van der Waals surface area contributed by atoms with Crippen molar-refractivity contribution in [2.24, 2.45) is 0 Å². The first kappa shape index (κ1) is 19.0. The Morgan fingerprint density at radius 3 is 2.59 bits per heavy atom. The molecule has 29 heavy (non-hydrogen) atoms. The molecule has 6 nitrogen and oxygen atoms in total. The van der Waals surface area contributed by atoms with Gasteiger partial charge in [0.1, 0.15) is 28.6 Å². The molecule has 2 heterocycles. The van der Waals surface area contributed by atoms with Gasteiger partial charge in [-0.05, 0) is 31.2 Å². The molecular weight excluding hydrogens is 373 g/mol. The lowest BCUT2D eigenvalue weighted by Gasteiger charge is -2.36. The van der Waals surface area contributed by atoms with Gasteiger partial charge in [-0.2, -0.15) is 0 Å². The number of hydrogen-bond acceptors (Lipinski definition) is 5. The van der Waals surface area contributed by atoms with Crippen LogP contribution in [0.25, 0.3) is 11.3 Å². The van der Waals surface area contributed by atoms with E-state index in [9.17, 15) is 9.18 Å². The molecule has 1 aliphatic heterocycles. The third-order valence-corrected chi connectivity index (χ3v) is 5.17. The molecule has 1 aromatic heterocycles. The number of amides is 1. The number of rotatable bonds is 4. The van der Waals surface area contributed by atoms with Crippen LogP contribution >= 0.6 is 0 Å². The highest BCUT2D eigenvalue weighted by molar-refractivity contribution is 6.01. The van der Waals surface area contributed by atoms with Crippen molar-refractivity contribution in [1.82, 2.24) is 10.1 Å². The van der Waals surface area contributed by atoms with Gasteiger partial charge in [-0.3, -0.25) is 4.79 Å². The summed E-state index contributed by atoms with van der Waals surface area (Å²) in [6, 6.07) is 13.9. The van der Waals surface area contributed by atoms with Crippen molar-refractivity contribution in [3.8, 4) is 17.0 Å². The summed E-state index contributed by atoms with van der Waals surface area (Å²) in [7, 11) is 1.65. The summed E-state index contributed by atoms with van der Waals surface area (Å²) < 4.78 is 24.4. The van der Waals surface area contributed by atoms with E-state index in [4.69, 9.17) is 9.26 Å². The second-order valence-electron chi connectivity index (χ2n) is 6.92. The van der Waals surface area contributed by atoms with E-state index >= 15 is 0 Å². The number of para-hydroxylation sites is 2. The first-order valence-corrected chi connectivity index (χ1v) is 9.48. The molecule has 1 aliphatic rings. The maximum absolute atomic E-state index is 13.6. The highest BCUT2D eigenvalue weighted by Crippen LogP contribution is 2.30. The number of aromatic nitrogens is 1. The normalized spacial score (nSPS) is 14.2. The summed E-state index contributed by atoms with van der Waals surface area (Å²) in [5.74, 6) is 0.714. The quantitative estimate of drug-likeness (QED) is 0.673. The van der Waals surface area contributed by atoms with Gasteiger partial charge >= 0.3 is 0 Å². The predicted octanol–water partition coefficient (Wildman–Crippen LogP) is 3.76. The molecule has 1 amide bonds. The standard InChI is InChI=1S/C22H22FN3O3/c1-15-20(21(24-29-15)16-6-5-7-17(23)14-16)22(27)26-12-10-25(11-13-26)18-8-3-4-9-19(18)28-2/h3-9,14H,10-13H2,1-2H3. The highest BCUT2D eigenvalue weighted by Gasteiger charge is 2.29. The fourth-order valence-electron chi connectivity index (χ4n) is 3.66. The first-order valence-electron chi connectivity index (χ1n) is 9.48. The van der Waals surface area contributed by atoms with E-state index in [1.165, 1.54) is 12.1 Å². The van der Waals surface area contributed by atoms with Crippen molar-refractivity contribution < 1.29 is 18.4 Å². The Bertz CT molecular complexity index is 1030. The SMILES string of the molecule is COc1ccccc1N1CCN(C(=O)c2c(-c3cccc(F)c3)noc2C)CC1. The van der Waals surface area contributed by atoms with E-state index < -0.39 is 0 Å². The second-order valence-corrected chi connectivity index (χ2v) is 6.92. The lowest BCUT2D eigenvalue weighted by Crippen LogP contribution is -2.49. The van der Waals surface area contributed by atoms with Gasteiger partial charge in [-0.15, -0.1) is 0 Å². The van der Waals surface area contributed by atoms with Gasteiger partial charge < -0.3 is 19.1 Å². The topological polar surface area (TPSA) is 58.8 Å². The molecule has 0 unspecified atom stereocenters. The van der Waals surface area contributed by atoms with Crippen LogP contribution in [0.4, 0.5) is 10.1 Å². The summed E-state index contributed by atoms with van der Waals surface area (Å²) in [5, 5.41) is 4.01. The number of halogens is 1. The summed E-state index contributed by atoms with van der Waals surface area (Å²) in [4.78, 5) is 17.2. The number of carbonyl (C=O) groups excluding carboxylic acids is 1. The number of anilines is 1. The number of ether oxygens (including phenoxy) is 1. The summed E-state index contributed by atoms with van der Waals surface area (Å²) in [6.45, 7) is 4.19. The van der Waals surface area contributed by atoms with Crippen molar-refractivity contribution in [2.75, 3.05) is 38.2 Å². The number of benzene rings is 2. The predicted molar refractivity (Wildman–Crippen MR) is 108 cm³/mol. The van der Waals surface area contributed by atoms with Crippen molar-refractivity contribution in [3.05, 3.63) is 65.7 Å². The zero-order valence-corrected chi connectivity index (χ0v) is 16.4. The zero-order valence-electron chi connectivity index (χ0n) is 16.4. The maximum atomic E-state index is 13.6. The zero-order chi connectivity index (χ0) is 20.4. The van der Waals surface area contributed by atoms with Gasteiger partial charge in [-0.25, -0.2) is 4.39 Å². The van der Waals surface area contributed by atoms with E-state index in [2.05, 4.69) is 10.1 Å². The molecular formula is C22H22FN3O3. The van der Waals surface area contributed by atoms with Crippen LogP contribution in [0.5, 0.6) is 5.75 Å². The largest absolute Gasteiger partial charge is 0.495 e. The Morgan fingerprint density at radius 2 is 1.86 bits per heavy atom. The molecule has 150 valence electrons. The molecule has 0 N–H and O–H groups in total. The molecule has 3 aromatic rings. The van der Waals surface area contributed by atoms with Crippen molar-refractivity contribution in [2.45, 2.75) is 6.92 Å². The molecule has 0 aliphatic carbocycles. The van der Waals surface area contributed by atoms with E-state index in [0.29, 0.717) is 48.8 Å². The molecule has 0 saturated carbocycles. The van der Waals surface area contributed by atoms with Crippen LogP contribution < -0.4 is 9.64 Å². The van der Waals surface area contributed by atoms with Crippen molar-refractivity contribution in [1.29, 1.82) is 0 Å². The Labute approximate surface area is 168 Å². The van der Waals surface area contributed by atoms with Crippen LogP contribution in [0, 0.1) is 12.7 Å². The minimum atomic E-state index is -0.382. The third kappa shape index (κ3) is 3.68. The Morgan fingerprint density at radius 1 is 1.10 bits per heavy atom. The molecule has 7 heteroatoms. The second kappa shape index (κ2) is 7.95. The number of methoxy groups -OCH3 is 1. The summed E-state index contributed by atoms with van der Waals surface area (Å²) >= 11 is 0. The van der Waals surface area contributed by atoms with Crippen LogP contribution in [-0.2, 0) is 0 Å². The number of aryl methyl sites for hydroxylation is 1. The van der Waals surface area contributed by atoms with E-state index in [1.807, 2.05) is 24.3 Å². The molecule has 4 rings (SSSR count). The van der Waals surface area contributed by atoms with Gasteiger partial charge in [0.2, 0.25) is 0 Å². The average molecular weight is 395 g/mol. The minimum absolute atomic E-state index is 0.150. The van der Waals surface area contributed by atoms with Gasteiger partial charge in [0, 0.05) is 31.7 Å². The molecule has 2 aromatic carbocycles. The number of carbonyl (C=O) groups is 1. The fraction of sp³-hybridized carbons (Fsp3) is 0.273. The lowest BCUT2D eigenvalue weighted by molar-refractivity contribution is 0.0745. The third-order valence-electron chi connectivity index (χ3n) is 5.17. The summed E-state index contributed by atoms with van der Waals surface area (Å²) in [5.41, 5.74) is 2.31. The summed E-state index contributed by atoms with van der Waals surface area (Å²) in [6.07, 6.45) is 0. The molecule has 0 atom stereocenters. The Hall–Kier alpha value is -3.35. The van der Waals surface area contributed by atoms with Gasteiger partial charge in [0.05, 0.1) is 12.8 Å². The van der Waals surface area contributed by atoms with Crippen LogP contribution in [0.3, 0.4) is 0 Å². The maximum Gasteiger partial charge on any atom is 0.259 e. The van der Waals surface area contributed by atoms with Gasteiger partial charge in [0.15, 0.2) is 0 Å². The molecule has 1 saturated heterocycles. The van der Waals surface area contributed by atoms with E-state index in [-0.39, 0.29) is 11.7 Å². The minimum Gasteiger partial charge on any atom is -0.495 e. The number of piperazine rings is 1. The first-order chi connectivity index (χ1) is 14.1. The van der Waals surface area contributed by atoms with E-state index in [1.54, 1.807) is 31.1 Å². The fourth-order valence-corrected chi connectivity index (χ4v) is 3.66. The lowest BCUT2D eigenvalue weighted by atomic mass is 10.0. The number of nitrogens with zero attached hydrogens (tertiary/aromatic N) is 3. The van der Waals surface area contributed by atoms with Crippen molar-refractivity contribution in [3.63, 3.8) is 0 Å². The van der Waals surface area contributed by atoms with Gasteiger partial charge in [-0.1, -0.05) is 29.4 Å². The Balaban J connectivity index is 1.53. The van der Waals surface area contributed by atoms with Crippen LogP contribution in [0.2, 0.25) is 0 Å². The molecule has 0 bridgehead atoms. The van der Waals surface area contributed by atoms with Crippen LogP contribution in [0.15, 0.2) is 53.1 Å². The highest BCUT2D eigenvalue weighted by atomic mass is 19.1. The van der Waals surface area contributed by atoms with Crippen LogP contribution in [0.1, 0.15) is 16.1 Å². The smallest absolute Gasteiger partial charge is 0.259 e. The monoisotopic (exact) mass is 395 g/mol. The Kier molecular flexibility index (Phi) is 5.20. The van der Waals surface area contributed by atoms with E-state index in [0.717, 1.165) is 11.4 Å². The molecule has 0 radical (unpaired) electrons. The number of hydrogen-bond donors (Lipinski definition) is 0. The van der Waals surface area contributed by atoms with Crippen LogP contribution in [-0.4, -0.2) is 49.3 Å². The average Bonchev–Trinajstić information content (AvgIpc) is 3.14. The van der Waals surface area contributed by atoms with Crippen molar-refractivity contribution >= 4 is 11.6 Å². The van der Waals surface area contributed by atoms with Gasteiger partial charge in [0.25, 0.3) is 5.91 Å². The molecule has 1 fully saturated rings. The molecule has 0 spiro atoms.